The van der Waals surface area contributed by atoms with E-state index in [-0.39, 0.29) is 12.0 Å². The number of hydrogen-bond donors (Lipinski definition) is 2. The van der Waals surface area contributed by atoms with E-state index >= 15 is 0 Å². The van der Waals surface area contributed by atoms with Crippen LogP contribution in [0, 0.1) is 0 Å². The molecule has 0 aliphatic rings. The summed E-state index contributed by atoms with van der Waals surface area (Å²) in [6.07, 6.45) is 0.0434. The summed E-state index contributed by atoms with van der Waals surface area (Å²) in [5.41, 5.74) is 1.90. The van der Waals surface area contributed by atoms with Crippen molar-refractivity contribution in [2.75, 3.05) is 6.54 Å². The first kappa shape index (κ1) is 11.7. The molecule has 17 heavy (non-hydrogen) atoms. The van der Waals surface area contributed by atoms with E-state index in [9.17, 15) is 9.59 Å². The van der Waals surface area contributed by atoms with Gasteiger partial charge in [-0.3, -0.25) is 9.59 Å². The predicted octanol–water partition coefficient (Wildman–Crippen LogP) is -0.285. The molecule has 90 valence electrons. The fraction of sp³-hybridized carbons (Fsp3) is 0.333. The Morgan fingerprint density at radius 3 is 3.18 bits per heavy atom. The number of nitrogens with zero attached hydrogens (tertiary/aromatic N) is 3. The van der Waals surface area contributed by atoms with Gasteiger partial charge in [0.15, 0.2) is 0 Å². The molecule has 0 fully saturated rings. The monoisotopic (exact) mass is 254 g/mol. The van der Waals surface area contributed by atoms with Gasteiger partial charge in [0.25, 0.3) is 5.56 Å². The highest BCUT2D eigenvalue weighted by atomic mass is 32.1. The van der Waals surface area contributed by atoms with Crippen molar-refractivity contribution in [3.8, 4) is 0 Å². The van der Waals surface area contributed by atoms with Crippen LogP contribution in [0.4, 0.5) is 0 Å². The van der Waals surface area contributed by atoms with Gasteiger partial charge in [0.2, 0.25) is 4.96 Å². The molecule has 0 amide bonds. The summed E-state index contributed by atoms with van der Waals surface area (Å²) in [7, 11) is 0. The molecule has 2 heterocycles. The predicted molar refractivity (Wildman–Crippen MR) is 61.1 cm³/mol. The molecule has 0 spiro atoms. The van der Waals surface area contributed by atoms with Crippen molar-refractivity contribution in [3.05, 3.63) is 27.6 Å². The van der Waals surface area contributed by atoms with Crippen LogP contribution in [-0.2, 0) is 11.3 Å². The molecule has 0 bridgehead atoms. The Labute approximate surface area is 99.7 Å². The van der Waals surface area contributed by atoms with Crippen LogP contribution < -0.4 is 10.9 Å². The summed E-state index contributed by atoms with van der Waals surface area (Å²) in [6, 6.07) is 1.39. The number of carboxylic acids is 1. The van der Waals surface area contributed by atoms with Gasteiger partial charge in [-0.2, -0.15) is 9.61 Å². The Hall–Kier alpha value is -1.80. The van der Waals surface area contributed by atoms with Crippen LogP contribution in [0.2, 0.25) is 0 Å². The molecule has 2 aromatic rings. The van der Waals surface area contributed by atoms with Gasteiger partial charge in [-0.15, -0.1) is 0 Å². The maximum absolute atomic E-state index is 11.5. The molecule has 0 saturated heterocycles. The minimum atomic E-state index is -0.858. The smallest absolute Gasteiger partial charge is 0.304 e. The van der Waals surface area contributed by atoms with Gasteiger partial charge < -0.3 is 10.4 Å². The molecule has 0 aromatic carbocycles. The van der Waals surface area contributed by atoms with Crippen LogP contribution >= 0.6 is 11.3 Å². The Morgan fingerprint density at radius 2 is 2.41 bits per heavy atom. The molecular weight excluding hydrogens is 244 g/mol. The van der Waals surface area contributed by atoms with E-state index in [0.717, 1.165) is 0 Å². The zero-order valence-electron chi connectivity index (χ0n) is 8.79. The Balaban J connectivity index is 2.04. The number of carboxylic acid groups (broad SMARTS) is 1. The molecule has 2 aromatic heterocycles. The maximum Gasteiger partial charge on any atom is 0.304 e. The molecular formula is C9H10N4O3S. The minimum absolute atomic E-state index is 0.0434. The van der Waals surface area contributed by atoms with Crippen LogP contribution in [0.5, 0.6) is 0 Å². The number of nitrogens with one attached hydrogen (secondary N) is 1. The van der Waals surface area contributed by atoms with E-state index in [0.29, 0.717) is 23.7 Å². The normalized spacial score (nSPS) is 10.8. The summed E-state index contributed by atoms with van der Waals surface area (Å²) >= 11 is 1.28. The number of carbonyl (C=O) groups is 1. The molecule has 0 unspecified atom stereocenters. The molecule has 7 nitrogen and oxygen atoms in total. The molecule has 2 N–H and O–H groups in total. The summed E-state index contributed by atoms with van der Waals surface area (Å²) in [4.78, 5) is 26.6. The van der Waals surface area contributed by atoms with Crippen molar-refractivity contribution in [2.24, 2.45) is 0 Å². The number of aromatic nitrogens is 3. The van der Waals surface area contributed by atoms with Gasteiger partial charge in [-0.05, 0) is 0 Å². The zero-order chi connectivity index (χ0) is 12.3. The molecule has 2 rings (SSSR count). The third-order valence-corrected chi connectivity index (χ3v) is 2.74. The van der Waals surface area contributed by atoms with Crippen LogP contribution in [0.25, 0.3) is 4.96 Å². The van der Waals surface area contributed by atoms with Crippen LogP contribution in [0.3, 0.4) is 0 Å². The largest absolute Gasteiger partial charge is 0.481 e. The number of hydrogen-bond acceptors (Lipinski definition) is 6. The lowest BCUT2D eigenvalue weighted by Crippen LogP contribution is -2.21. The highest BCUT2D eigenvalue weighted by molar-refractivity contribution is 7.14. The summed E-state index contributed by atoms with van der Waals surface area (Å²) in [5.74, 6) is -0.858. The molecule has 0 aliphatic heterocycles. The first-order chi connectivity index (χ1) is 8.16. The first-order valence-corrected chi connectivity index (χ1v) is 5.80. The van der Waals surface area contributed by atoms with E-state index in [2.05, 4.69) is 15.4 Å². The van der Waals surface area contributed by atoms with Crippen molar-refractivity contribution < 1.29 is 9.90 Å². The van der Waals surface area contributed by atoms with E-state index in [1.807, 2.05) is 0 Å². The van der Waals surface area contributed by atoms with Gasteiger partial charge >= 0.3 is 5.97 Å². The van der Waals surface area contributed by atoms with Crippen LogP contribution in [-0.4, -0.2) is 32.2 Å². The Kier molecular flexibility index (Phi) is 3.45. The first-order valence-electron chi connectivity index (χ1n) is 4.92. The van der Waals surface area contributed by atoms with Gasteiger partial charge in [0, 0.05) is 19.2 Å². The zero-order valence-corrected chi connectivity index (χ0v) is 9.61. The lowest BCUT2D eigenvalue weighted by molar-refractivity contribution is -0.136. The molecule has 0 saturated carbocycles. The van der Waals surface area contributed by atoms with Crippen LogP contribution in [0.1, 0.15) is 12.1 Å². The SMILES string of the molecule is O=C(O)CCNCc1cc(=O)n2ncsc2n1. The molecule has 0 radical (unpaired) electrons. The fourth-order valence-electron chi connectivity index (χ4n) is 1.30. The van der Waals surface area contributed by atoms with Gasteiger partial charge in [0.1, 0.15) is 5.51 Å². The second-order valence-electron chi connectivity index (χ2n) is 3.34. The lowest BCUT2D eigenvalue weighted by atomic mass is 10.3. The average Bonchev–Trinajstić information content (AvgIpc) is 2.72. The average molecular weight is 254 g/mol. The summed E-state index contributed by atoms with van der Waals surface area (Å²) in [6.45, 7) is 0.718. The quantitative estimate of drug-likeness (QED) is 0.712. The molecule has 8 heteroatoms. The number of aliphatic carboxylic acids is 1. The third-order valence-electron chi connectivity index (χ3n) is 2.06. The summed E-state index contributed by atoms with van der Waals surface area (Å²) in [5, 5.41) is 15.2. The maximum atomic E-state index is 11.5. The Morgan fingerprint density at radius 1 is 1.59 bits per heavy atom. The van der Waals surface area contributed by atoms with Gasteiger partial charge in [0.05, 0.1) is 12.1 Å². The van der Waals surface area contributed by atoms with E-state index in [1.54, 1.807) is 5.51 Å². The van der Waals surface area contributed by atoms with Crippen molar-refractivity contribution in [2.45, 2.75) is 13.0 Å². The number of fused-ring (bicyclic) bond motifs is 1. The molecule has 0 atom stereocenters. The van der Waals surface area contributed by atoms with E-state index in [1.165, 1.54) is 21.9 Å². The fourth-order valence-corrected chi connectivity index (χ4v) is 1.95. The third kappa shape index (κ3) is 2.86. The van der Waals surface area contributed by atoms with Crippen molar-refractivity contribution in [3.63, 3.8) is 0 Å². The van der Waals surface area contributed by atoms with Crippen LogP contribution in [0.15, 0.2) is 16.4 Å². The second-order valence-corrected chi connectivity index (χ2v) is 4.15. The van der Waals surface area contributed by atoms with Gasteiger partial charge in [-0.25, -0.2) is 4.98 Å². The topological polar surface area (TPSA) is 96.6 Å². The van der Waals surface area contributed by atoms with Crippen molar-refractivity contribution in [1.82, 2.24) is 19.9 Å². The summed E-state index contributed by atoms with van der Waals surface area (Å²) < 4.78 is 1.23. The lowest BCUT2D eigenvalue weighted by Gasteiger charge is -2.01. The minimum Gasteiger partial charge on any atom is -0.481 e. The van der Waals surface area contributed by atoms with Crippen molar-refractivity contribution >= 4 is 22.3 Å². The Bertz CT molecular complexity index is 591. The second kappa shape index (κ2) is 5.02. The van der Waals surface area contributed by atoms with E-state index in [4.69, 9.17) is 5.11 Å². The highest BCUT2D eigenvalue weighted by Gasteiger charge is 2.04. The van der Waals surface area contributed by atoms with Crippen molar-refractivity contribution in [1.29, 1.82) is 0 Å². The standard InChI is InChI=1S/C9H10N4O3S/c14-7-3-6(4-10-2-1-8(15)16)12-9-13(7)11-5-17-9/h3,5,10H,1-2,4H2,(H,15,16). The molecule has 0 aliphatic carbocycles. The number of rotatable bonds is 5. The van der Waals surface area contributed by atoms with Gasteiger partial charge in [-0.1, -0.05) is 11.3 Å². The highest BCUT2D eigenvalue weighted by Crippen LogP contribution is 2.03. The van der Waals surface area contributed by atoms with E-state index < -0.39 is 5.97 Å².